The van der Waals surface area contributed by atoms with Crippen molar-refractivity contribution in [3.8, 4) is 0 Å². The summed E-state index contributed by atoms with van der Waals surface area (Å²) in [5.74, 6) is 1.38. The third-order valence-electron chi connectivity index (χ3n) is 2.88. The first-order chi connectivity index (χ1) is 10.2. The highest BCUT2D eigenvalue weighted by Crippen LogP contribution is 2.07. The summed E-state index contributed by atoms with van der Waals surface area (Å²) in [4.78, 5) is 29.1. The summed E-state index contributed by atoms with van der Waals surface area (Å²) >= 11 is 0. The van der Waals surface area contributed by atoms with Crippen molar-refractivity contribution in [3.05, 3.63) is 35.7 Å². The summed E-state index contributed by atoms with van der Waals surface area (Å²) in [5.41, 5.74) is 0.712. The van der Waals surface area contributed by atoms with E-state index in [0.29, 0.717) is 32.0 Å². The van der Waals surface area contributed by atoms with Crippen LogP contribution in [0, 0.1) is 0 Å². The topological polar surface area (TPSA) is 68.7 Å². The molecule has 1 amide bonds. The van der Waals surface area contributed by atoms with Gasteiger partial charge in [0.1, 0.15) is 11.5 Å². The van der Waals surface area contributed by atoms with Crippen molar-refractivity contribution < 1.29 is 19.1 Å². The zero-order valence-electron chi connectivity index (χ0n) is 12.4. The maximum atomic E-state index is 12.4. The zero-order valence-corrected chi connectivity index (χ0v) is 12.4. The molecule has 1 rings (SSSR count). The summed E-state index contributed by atoms with van der Waals surface area (Å²) in [6.07, 6.45) is 1.79. The van der Waals surface area contributed by atoms with Crippen LogP contribution >= 0.6 is 0 Å². The number of rotatable bonds is 9. The third kappa shape index (κ3) is 5.87. The van der Waals surface area contributed by atoms with E-state index in [1.54, 1.807) is 38.5 Å². The van der Waals surface area contributed by atoms with Crippen molar-refractivity contribution in [1.82, 2.24) is 9.88 Å². The van der Waals surface area contributed by atoms with Gasteiger partial charge in [-0.1, -0.05) is 6.07 Å². The molecule has 0 aromatic carbocycles. The number of hydrogen-bond acceptors (Lipinski definition) is 5. The van der Waals surface area contributed by atoms with Crippen LogP contribution in [0.4, 0.5) is 0 Å². The number of carbonyl (C=O) groups is 1. The standard InChI is InChI=1S/C15H20N2O4/c1-20-9-7-17(8-10-21-2)15(19)13(12-18)11-14-5-3-4-6-16-14/h3-6H,7-11H2,1-2H3. The Labute approximate surface area is 124 Å². The van der Waals surface area contributed by atoms with E-state index in [0.717, 1.165) is 0 Å². The van der Waals surface area contributed by atoms with Crippen molar-refractivity contribution in [1.29, 1.82) is 0 Å². The number of hydrogen-bond donors (Lipinski definition) is 0. The van der Waals surface area contributed by atoms with Crippen molar-refractivity contribution in [2.24, 2.45) is 0 Å². The molecule has 0 fully saturated rings. The Bertz CT molecular complexity index is 476. The molecular weight excluding hydrogens is 272 g/mol. The van der Waals surface area contributed by atoms with Gasteiger partial charge >= 0.3 is 0 Å². The van der Waals surface area contributed by atoms with E-state index in [2.05, 4.69) is 4.98 Å². The molecule has 0 saturated heterocycles. The summed E-state index contributed by atoms with van der Waals surface area (Å²) in [6, 6.07) is 5.35. The van der Waals surface area contributed by atoms with Crippen molar-refractivity contribution in [2.75, 3.05) is 40.5 Å². The molecule has 0 aliphatic carbocycles. The number of carbonyl (C=O) groups excluding carboxylic acids is 2. The van der Waals surface area contributed by atoms with Gasteiger partial charge in [-0.05, 0) is 12.1 Å². The molecule has 6 heteroatoms. The van der Waals surface area contributed by atoms with Gasteiger partial charge in [0, 0.05) is 45.6 Å². The van der Waals surface area contributed by atoms with Gasteiger partial charge in [0.05, 0.1) is 13.2 Å². The van der Waals surface area contributed by atoms with E-state index in [9.17, 15) is 9.59 Å². The minimum atomic E-state index is -0.357. The number of aromatic nitrogens is 1. The van der Waals surface area contributed by atoms with Gasteiger partial charge in [-0.2, -0.15) is 0 Å². The Hall–Kier alpha value is -2.01. The van der Waals surface area contributed by atoms with Gasteiger partial charge in [0.15, 0.2) is 0 Å². The van der Waals surface area contributed by atoms with Crippen molar-refractivity contribution >= 4 is 11.8 Å². The normalized spacial score (nSPS) is 10.0. The molecular formula is C15H20N2O4. The molecule has 114 valence electrons. The highest BCUT2D eigenvalue weighted by molar-refractivity contribution is 6.01. The summed E-state index contributed by atoms with van der Waals surface area (Å²) < 4.78 is 9.96. The second-order valence-electron chi connectivity index (χ2n) is 4.36. The molecule has 0 spiro atoms. The van der Waals surface area contributed by atoms with E-state index < -0.39 is 0 Å². The largest absolute Gasteiger partial charge is 0.383 e. The Kier molecular flexibility index (Phi) is 7.97. The summed E-state index contributed by atoms with van der Waals surface area (Å²) in [5, 5.41) is 0. The lowest BCUT2D eigenvalue weighted by molar-refractivity contribution is -0.128. The number of pyridine rings is 1. The minimum Gasteiger partial charge on any atom is -0.383 e. The maximum Gasteiger partial charge on any atom is 0.261 e. The lowest BCUT2D eigenvalue weighted by Gasteiger charge is -2.22. The molecule has 21 heavy (non-hydrogen) atoms. The van der Waals surface area contributed by atoms with Crippen LogP contribution in [0.1, 0.15) is 5.69 Å². The zero-order chi connectivity index (χ0) is 15.5. The number of amides is 1. The monoisotopic (exact) mass is 292 g/mol. The minimum absolute atomic E-state index is 0.0564. The molecule has 6 nitrogen and oxygen atoms in total. The predicted molar refractivity (Wildman–Crippen MR) is 77.5 cm³/mol. The molecule has 1 aromatic heterocycles. The number of methoxy groups -OCH3 is 2. The first-order valence-electron chi connectivity index (χ1n) is 6.64. The quantitative estimate of drug-likeness (QED) is 0.490. The second-order valence-corrected chi connectivity index (χ2v) is 4.36. The van der Waals surface area contributed by atoms with Gasteiger partial charge in [0.2, 0.25) is 0 Å². The average Bonchev–Trinajstić information content (AvgIpc) is 2.53. The molecule has 0 bridgehead atoms. The second kappa shape index (κ2) is 9.83. The van der Waals surface area contributed by atoms with E-state index in [1.807, 2.05) is 6.07 Å². The molecule has 1 aromatic rings. The molecule has 0 N–H and O–H groups in total. The highest BCUT2D eigenvalue weighted by atomic mass is 16.5. The fourth-order valence-electron chi connectivity index (χ4n) is 1.75. The van der Waals surface area contributed by atoms with Crippen LogP contribution < -0.4 is 0 Å². The van der Waals surface area contributed by atoms with Gasteiger partial charge in [-0.3, -0.25) is 9.78 Å². The maximum absolute atomic E-state index is 12.4. The summed E-state index contributed by atoms with van der Waals surface area (Å²) in [6.45, 7) is 1.58. The fraction of sp³-hybridized carbons (Fsp3) is 0.467. The fourth-order valence-corrected chi connectivity index (χ4v) is 1.75. The van der Waals surface area contributed by atoms with Crippen LogP contribution in [0.3, 0.4) is 0 Å². The molecule has 0 radical (unpaired) electrons. The lowest BCUT2D eigenvalue weighted by Crippen LogP contribution is -2.38. The number of nitrogens with zero attached hydrogens (tertiary/aromatic N) is 2. The predicted octanol–water partition coefficient (Wildman–Crippen LogP) is 0.504. The molecule has 0 unspecified atom stereocenters. The molecule has 0 aliphatic heterocycles. The Morgan fingerprint density at radius 2 is 1.90 bits per heavy atom. The number of ether oxygens (including phenoxy) is 2. The van der Waals surface area contributed by atoms with Gasteiger partial charge in [-0.15, -0.1) is 0 Å². The third-order valence-corrected chi connectivity index (χ3v) is 2.88. The first-order valence-corrected chi connectivity index (χ1v) is 6.64. The van der Waals surface area contributed by atoms with Crippen molar-refractivity contribution in [3.63, 3.8) is 0 Å². The van der Waals surface area contributed by atoms with Gasteiger partial charge in [0.25, 0.3) is 5.91 Å². The van der Waals surface area contributed by atoms with Gasteiger partial charge < -0.3 is 14.4 Å². The molecule has 0 aliphatic rings. The van der Waals surface area contributed by atoms with E-state index in [1.165, 1.54) is 4.90 Å². The Balaban J connectivity index is 2.76. The van der Waals surface area contributed by atoms with Crippen LogP contribution in [-0.4, -0.2) is 62.3 Å². The Morgan fingerprint density at radius 3 is 2.38 bits per heavy atom. The van der Waals surface area contributed by atoms with Crippen LogP contribution in [-0.2, 0) is 25.5 Å². The lowest BCUT2D eigenvalue weighted by atomic mass is 10.1. The van der Waals surface area contributed by atoms with Crippen LogP contribution in [0.5, 0.6) is 0 Å². The van der Waals surface area contributed by atoms with Crippen LogP contribution in [0.25, 0.3) is 0 Å². The molecule has 0 saturated carbocycles. The van der Waals surface area contributed by atoms with E-state index in [4.69, 9.17) is 9.47 Å². The first kappa shape index (κ1) is 17.0. The summed E-state index contributed by atoms with van der Waals surface area (Å²) in [7, 11) is 3.12. The molecule has 1 heterocycles. The van der Waals surface area contributed by atoms with Crippen LogP contribution in [0.2, 0.25) is 0 Å². The smallest absolute Gasteiger partial charge is 0.261 e. The molecule has 0 atom stereocenters. The Morgan fingerprint density at radius 1 is 1.24 bits per heavy atom. The van der Waals surface area contributed by atoms with E-state index in [-0.39, 0.29) is 17.9 Å². The highest BCUT2D eigenvalue weighted by Gasteiger charge is 2.19. The van der Waals surface area contributed by atoms with E-state index >= 15 is 0 Å². The average molecular weight is 292 g/mol. The SMILES string of the molecule is COCCN(CCOC)C(=O)C(=C=O)Cc1ccccn1. The van der Waals surface area contributed by atoms with Gasteiger partial charge in [-0.25, -0.2) is 4.79 Å². The van der Waals surface area contributed by atoms with Crippen LogP contribution in [0.15, 0.2) is 30.0 Å². The van der Waals surface area contributed by atoms with Crippen molar-refractivity contribution in [2.45, 2.75) is 6.42 Å².